The lowest BCUT2D eigenvalue weighted by molar-refractivity contribution is 0.141. The van der Waals surface area contributed by atoms with Crippen molar-refractivity contribution < 1.29 is 0 Å². The fourth-order valence-electron chi connectivity index (χ4n) is 26.6. The smallest absolute Gasteiger partial charge is 0.0320 e. The molecule has 0 aliphatic heterocycles. The molecule has 456 valence electrons. The Morgan fingerprint density at radius 1 is 0.345 bits per heavy atom. The highest BCUT2D eigenvalue weighted by Gasteiger charge is 2.56. The Morgan fingerprint density at radius 3 is 1.32 bits per heavy atom. The highest BCUT2D eigenvalue weighted by Crippen LogP contribution is 2.72. The van der Waals surface area contributed by atoms with Crippen molar-refractivity contribution in [3.05, 3.63) is 126 Å². The third-order valence-corrected chi connectivity index (χ3v) is 28.2. The minimum Gasteiger partial charge on any atom is -0.0617 e. The van der Waals surface area contributed by atoms with Gasteiger partial charge < -0.3 is 0 Å². The van der Waals surface area contributed by atoms with E-state index in [4.69, 9.17) is 0 Å². The molecule has 23 rings (SSSR count). The molecular formula is C87H108. The third kappa shape index (κ3) is 8.29. The van der Waals surface area contributed by atoms with E-state index in [1.165, 1.54) is 135 Å². The molecule has 8 fully saturated rings. The summed E-state index contributed by atoms with van der Waals surface area (Å²) in [6.45, 7) is 30.7. The SMILES string of the molecule is CC(C)(C)Cc1ccc(C(C)(C)C)cc1C1C2=C(c3c4c(cc5c3c1c1c3c(c6c(c(-c7c(CC(C)(C)C)cccc7CC(C)(C)C)c35)C3CC5CC(CC6C5)C3)C3=C(C1)C1CC5CC(C1)CC3C5)C1CC3CC(C1)CC4C3)C1CC3CC(C1)CC2C3. The monoisotopic (exact) mass is 1150 g/mol. The molecule has 0 aromatic heterocycles. The normalized spacial score (nSPS) is 36.2. The van der Waals surface area contributed by atoms with E-state index in [0.29, 0.717) is 41.4 Å². The van der Waals surface area contributed by atoms with E-state index in [1.54, 1.807) is 38.8 Å². The van der Waals surface area contributed by atoms with Gasteiger partial charge in [-0.15, -0.1) is 0 Å². The van der Waals surface area contributed by atoms with E-state index >= 15 is 0 Å². The first-order chi connectivity index (χ1) is 41.5. The van der Waals surface area contributed by atoms with Crippen LogP contribution in [0.25, 0.3) is 43.8 Å². The first-order valence-corrected chi connectivity index (χ1v) is 37.4. The zero-order valence-corrected chi connectivity index (χ0v) is 56.3. The predicted octanol–water partition coefficient (Wildman–Crippen LogP) is 23.6. The number of hydrogen-bond donors (Lipinski definition) is 0. The van der Waals surface area contributed by atoms with Crippen molar-refractivity contribution >= 4 is 32.7 Å². The first-order valence-electron chi connectivity index (χ1n) is 37.4. The molecule has 18 aliphatic rings. The van der Waals surface area contributed by atoms with Gasteiger partial charge >= 0.3 is 0 Å². The van der Waals surface area contributed by atoms with Crippen molar-refractivity contribution in [3.63, 3.8) is 0 Å². The van der Waals surface area contributed by atoms with Crippen molar-refractivity contribution in [1.82, 2.24) is 0 Å². The zero-order valence-electron chi connectivity index (χ0n) is 56.3. The van der Waals surface area contributed by atoms with E-state index in [0.717, 1.165) is 78.4 Å². The van der Waals surface area contributed by atoms with Gasteiger partial charge in [-0.3, -0.25) is 0 Å². The molecule has 0 N–H and O–H groups in total. The van der Waals surface area contributed by atoms with E-state index < -0.39 is 0 Å². The van der Waals surface area contributed by atoms with Crippen LogP contribution >= 0.6 is 0 Å². The van der Waals surface area contributed by atoms with Crippen molar-refractivity contribution in [2.45, 2.75) is 272 Å². The van der Waals surface area contributed by atoms with Crippen molar-refractivity contribution in [2.24, 2.45) is 87.3 Å². The molecule has 0 heterocycles. The van der Waals surface area contributed by atoms with Crippen LogP contribution in [0.1, 0.15) is 313 Å². The molecule has 0 heteroatoms. The topological polar surface area (TPSA) is 0 Å². The molecule has 16 bridgehead atoms. The summed E-state index contributed by atoms with van der Waals surface area (Å²) in [6, 6.07) is 19.3. The van der Waals surface area contributed by atoms with E-state index in [2.05, 4.69) is 126 Å². The molecule has 18 aliphatic carbocycles. The van der Waals surface area contributed by atoms with E-state index in [-0.39, 0.29) is 21.7 Å². The summed E-state index contributed by atoms with van der Waals surface area (Å²) in [5.74, 6) is 13.0. The standard InChI is InChI=1S/C87H108/c1-84(2,3)41-52-16-17-63(87(10,11)12)38-64(52)76-72-59-30-48-20-49(31-59)33-60(32-48)73(72)82-70-57-26-46-19-47(27-57)25-56(24-46)66(70)40-68-78(82)77(76)67-39-65-55-22-44-18-45(23-55)29-58(28-44)71(65)83-75-62-36-50-21-51(37-62)35-61(34-50)74(75)81(79(68)80(67)83)69-53(42-85(4,5)6)14-13-15-54(69)43-86(7,8)9/h13-17,38,40,44-51,55-62,76H,18-37,39,41-43H2,1-12H3. The minimum absolute atomic E-state index is 0.0597. The second kappa shape index (κ2) is 18.4. The number of rotatable bonds is 5. The van der Waals surface area contributed by atoms with Gasteiger partial charge in [0.2, 0.25) is 0 Å². The maximum atomic E-state index is 3.16. The molecule has 0 amide bonds. The average Bonchev–Trinajstić information content (AvgIpc) is 1.65. The molecule has 87 heavy (non-hydrogen) atoms. The van der Waals surface area contributed by atoms with Gasteiger partial charge in [0, 0.05) is 5.92 Å². The maximum Gasteiger partial charge on any atom is 0.0320 e. The fourth-order valence-corrected chi connectivity index (χ4v) is 26.6. The molecule has 5 aromatic carbocycles. The molecule has 9 unspecified atom stereocenters. The van der Waals surface area contributed by atoms with Crippen LogP contribution in [-0.4, -0.2) is 0 Å². The van der Waals surface area contributed by atoms with E-state index in [9.17, 15) is 0 Å². The largest absolute Gasteiger partial charge is 0.0617 e. The van der Waals surface area contributed by atoms with Crippen LogP contribution in [0.3, 0.4) is 0 Å². The van der Waals surface area contributed by atoms with Crippen LogP contribution in [0.5, 0.6) is 0 Å². The second-order valence-electron chi connectivity index (χ2n) is 39.4. The Hall–Kier alpha value is -3.90. The summed E-state index contributed by atoms with van der Waals surface area (Å²) in [4.78, 5) is 0. The van der Waals surface area contributed by atoms with Crippen molar-refractivity contribution in [2.75, 3.05) is 0 Å². The number of hydrogen-bond acceptors (Lipinski definition) is 0. The van der Waals surface area contributed by atoms with Gasteiger partial charge in [-0.05, 0) is 393 Å². The Morgan fingerprint density at radius 2 is 0.793 bits per heavy atom. The summed E-state index contributed by atoms with van der Waals surface area (Å²) in [7, 11) is 0. The zero-order chi connectivity index (χ0) is 59.0. The van der Waals surface area contributed by atoms with Crippen molar-refractivity contribution in [1.29, 1.82) is 0 Å². The van der Waals surface area contributed by atoms with Crippen LogP contribution in [0.15, 0.2) is 53.6 Å². The molecule has 0 spiro atoms. The average molecular weight is 1150 g/mol. The summed E-state index contributed by atoms with van der Waals surface area (Å²) in [5, 5.41) is 7.32. The first kappa shape index (κ1) is 54.8. The van der Waals surface area contributed by atoms with Gasteiger partial charge in [-0.2, -0.15) is 0 Å². The van der Waals surface area contributed by atoms with Gasteiger partial charge in [0.05, 0.1) is 0 Å². The second-order valence-corrected chi connectivity index (χ2v) is 39.4. The Labute approximate surface area is 526 Å². The van der Waals surface area contributed by atoms with Gasteiger partial charge in [-0.1, -0.05) is 131 Å². The maximum absolute atomic E-state index is 3.16. The molecule has 5 aromatic rings. The predicted molar refractivity (Wildman–Crippen MR) is 366 cm³/mol. The van der Waals surface area contributed by atoms with Crippen LogP contribution in [0.4, 0.5) is 0 Å². The molecular weight excluding hydrogens is 1040 g/mol. The van der Waals surface area contributed by atoms with Gasteiger partial charge in [0.1, 0.15) is 0 Å². The molecule has 8 saturated carbocycles. The van der Waals surface area contributed by atoms with Gasteiger partial charge in [0.25, 0.3) is 0 Å². The Bertz CT molecular complexity index is 3790. The van der Waals surface area contributed by atoms with E-state index in [1.807, 2.05) is 88.5 Å². The lowest BCUT2D eigenvalue weighted by atomic mass is 9.60. The van der Waals surface area contributed by atoms with Crippen LogP contribution in [-0.2, 0) is 31.1 Å². The molecule has 9 atom stereocenters. The summed E-state index contributed by atoms with van der Waals surface area (Å²) in [6.07, 6.45) is 33.8. The highest BCUT2D eigenvalue weighted by atomic mass is 14.6. The van der Waals surface area contributed by atoms with Crippen molar-refractivity contribution in [3.8, 4) is 11.1 Å². The van der Waals surface area contributed by atoms with Gasteiger partial charge in [-0.25, -0.2) is 0 Å². The van der Waals surface area contributed by atoms with Gasteiger partial charge in [0.15, 0.2) is 0 Å². The van der Waals surface area contributed by atoms with Crippen LogP contribution < -0.4 is 0 Å². The highest BCUT2D eigenvalue weighted by molar-refractivity contribution is 6.25. The number of allylic oxidation sites excluding steroid dienone is 4. The van der Waals surface area contributed by atoms with Crippen LogP contribution in [0, 0.1) is 87.3 Å². The Kier molecular flexibility index (Phi) is 11.6. The minimum atomic E-state index is 0.0597. The lowest BCUT2D eigenvalue weighted by Gasteiger charge is -2.44. The number of fused-ring (bicyclic) bond motifs is 2. The number of benzene rings is 5. The summed E-state index contributed by atoms with van der Waals surface area (Å²) < 4.78 is 0. The molecule has 0 saturated heterocycles. The summed E-state index contributed by atoms with van der Waals surface area (Å²) in [5.41, 5.74) is 35.9. The Balaban J connectivity index is 1.07. The summed E-state index contributed by atoms with van der Waals surface area (Å²) >= 11 is 0. The lowest BCUT2D eigenvalue weighted by Crippen LogP contribution is -2.29. The molecule has 0 nitrogen and oxygen atoms in total. The quantitative estimate of drug-likeness (QED) is 0.154. The molecule has 0 radical (unpaired) electrons. The van der Waals surface area contributed by atoms with Crippen LogP contribution in [0.2, 0.25) is 0 Å². The fraction of sp³-hybridized carbons (Fsp3) is 0.655. The third-order valence-electron chi connectivity index (χ3n) is 28.2.